The highest BCUT2D eigenvalue weighted by molar-refractivity contribution is 5.95. The maximum Gasteiger partial charge on any atom is 0.338 e. The topological polar surface area (TPSA) is 105 Å². The summed E-state index contributed by atoms with van der Waals surface area (Å²) in [5.74, 6) is -2.91. The van der Waals surface area contributed by atoms with E-state index in [-0.39, 0.29) is 0 Å². The molecule has 64 valence electrons. The van der Waals surface area contributed by atoms with E-state index >= 15 is 0 Å². The molecule has 0 aliphatic rings. The number of hydrogen-bond acceptors (Lipinski definition) is 4. The Kier molecular flexibility index (Phi) is 2.04. The minimum Gasteiger partial charge on any atom is -0.479 e. The van der Waals surface area contributed by atoms with Gasteiger partial charge in [0, 0.05) is 0 Å². The number of aromatic nitrogens is 3. The van der Waals surface area contributed by atoms with E-state index < -0.39 is 18.0 Å². The zero-order chi connectivity index (χ0) is 9.14. The van der Waals surface area contributed by atoms with Gasteiger partial charge in [0.05, 0.1) is 0 Å². The van der Waals surface area contributed by atoms with Gasteiger partial charge in [0.1, 0.15) is 12.7 Å². The van der Waals surface area contributed by atoms with Crippen molar-refractivity contribution in [3.63, 3.8) is 0 Å². The highest BCUT2D eigenvalue weighted by atomic mass is 16.4. The van der Waals surface area contributed by atoms with Crippen molar-refractivity contribution in [2.45, 2.75) is 6.04 Å². The maximum atomic E-state index is 10.4. The normalized spacial score (nSPS) is 10.1. The summed E-state index contributed by atoms with van der Waals surface area (Å²) in [6, 6.07) is -1.65. The zero-order valence-corrected chi connectivity index (χ0v) is 5.78. The molecular weight excluding hydrogens is 166 g/mol. The monoisotopic (exact) mass is 171 g/mol. The van der Waals surface area contributed by atoms with Crippen LogP contribution in [0.2, 0.25) is 0 Å². The first kappa shape index (κ1) is 8.18. The van der Waals surface area contributed by atoms with Gasteiger partial charge in [-0.15, -0.1) is 10.2 Å². The molecule has 7 heteroatoms. The van der Waals surface area contributed by atoms with Gasteiger partial charge in [0.15, 0.2) is 0 Å². The molecule has 0 radical (unpaired) electrons. The molecular formula is C5H5N3O4. The smallest absolute Gasteiger partial charge is 0.338 e. The molecule has 1 aromatic rings. The van der Waals surface area contributed by atoms with E-state index in [2.05, 4.69) is 10.2 Å². The van der Waals surface area contributed by atoms with Gasteiger partial charge in [-0.25, -0.2) is 9.59 Å². The van der Waals surface area contributed by atoms with E-state index in [4.69, 9.17) is 10.2 Å². The van der Waals surface area contributed by atoms with Crippen molar-refractivity contribution < 1.29 is 19.8 Å². The molecule has 12 heavy (non-hydrogen) atoms. The van der Waals surface area contributed by atoms with Gasteiger partial charge < -0.3 is 10.2 Å². The highest BCUT2D eigenvalue weighted by Crippen LogP contribution is 2.04. The summed E-state index contributed by atoms with van der Waals surface area (Å²) in [6.45, 7) is 0. The average molecular weight is 171 g/mol. The van der Waals surface area contributed by atoms with Gasteiger partial charge in [0.25, 0.3) is 0 Å². The number of carboxylic acid groups (broad SMARTS) is 2. The van der Waals surface area contributed by atoms with Crippen LogP contribution in [0.1, 0.15) is 6.04 Å². The Bertz CT molecular complexity index is 280. The lowest BCUT2D eigenvalue weighted by molar-refractivity contribution is -0.153. The Morgan fingerprint density at radius 2 is 1.58 bits per heavy atom. The molecule has 0 unspecified atom stereocenters. The number of carbonyl (C=O) groups is 2. The summed E-state index contributed by atoms with van der Waals surface area (Å²) < 4.78 is 0.894. The fourth-order valence-corrected chi connectivity index (χ4v) is 0.703. The molecule has 0 saturated heterocycles. The van der Waals surface area contributed by atoms with Crippen molar-refractivity contribution in [3.8, 4) is 0 Å². The molecule has 0 aliphatic heterocycles. The summed E-state index contributed by atoms with van der Waals surface area (Å²) in [5.41, 5.74) is 0. The van der Waals surface area contributed by atoms with Gasteiger partial charge in [-0.2, -0.15) is 0 Å². The molecule has 0 fully saturated rings. The van der Waals surface area contributed by atoms with E-state index in [1.54, 1.807) is 0 Å². The Morgan fingerprint density at radius 1 is 1.17 bits per heavy atom. The van der Waals surface area contributed by atoms with Crippen LogP contribution in [-0.4, -0.2) is 36.9 Å². The standard InChI is InChI=1S/C5H5N3O4/c9-4(10)3(5(11)12)8-1-6-7-2-8/h1-3H,(H,9,10)(H,11,12). The van der Waals surface area contributed by atoms with Crippen LogP contribution in [0.15, 0.2) is 12.7 Å². The molecule has 1 aromatic heterocycles. The van der Waals surface area contributed by atoms with Gasteiger partial charge in [0.2, 0.25) is 6.04 Å². The van der Waals surface area contributed by atoms with Gasteiger partial charge in [-0.05, 0) is 0 Å². The molecule has 0 atom stereocenters. The third kappa shape index (κ3) is 1.39. The number of carboxylic acids is 2. The minimum absolute atomic E-state index is 0.894. The van der Waals surface area contributed by atoms with Crippen molar-refractivity contribution in [2.24, 2.45) is 0 Å². The Morgan fingerprint density at radius 3 is 1.92 bits per heavy atom. The predicted molar refractivity (Wildman–Crippen MR) is 34.3 cm³/mol. The largest absolute Gasteiger partial charge is 0.479 e. The van der Waals surface area contributed by atoms with Crippen LogP contribution in [0.4, 0.5) is 0 Å². The van der Waals surface area contributed by atoms with Gasteiger partial charge in [-0.1, -0.05) is 0 Å². The number of hydrogen-bond donors (Lipinski definition) is 2. The number of rotatable bonds is 3. The van der Waals surface area contributed by atoms with Gasteiger partial charge >= 0.3 is 11.9 Å². The van der Waals surface area contributed by atoms with Crippen LogP contribution in [0.25, 0.3) is 0 Å². The molecule has 0 aromatic carbocycles. The molecule has 0 amide bonds. The molecule has 1 rings (SSSR count). The average Bonchev–Trinajstić information content (AvgIpc) is 2.37. The van der Waals surface area contributed by atoms with E-state index in [0.29, 0.717) is 0 Å². The summed E-state index contributed by atoms with van der Waals surface area (Å²) >= 11 is 0. The number of aliphatic carboxylic acids is 2. The second-order valence-electron chi connectivity index (χ2n) is 1.99. The van der Waals surface area contributed by atoms with E-state index in [1.807, 2.05) is 0 Å². The third-order valence-corrected chi connectivity index (χ3v) is 1.20. The zero-order valence-electron chi connectivity index (χ0n) is 5.78. The Hall–Kier alpha value is -1.92. The summed E-state index contributed by atoms with van der Waals surface area (Å²) in [4.78, 5) is 20.8. The van der Waals surface area contributed by atoms with E-state index in [1.165, 1.54) is 0 Å². The van der Waals surface area contributed by atoms with Crippen molar-refractivity contribution in [3.05, 3.63) is 12.7 Å². The summed E-state index contributed by atoms with van der Waals surface area (Å²) in [7, 11) is 0. The van der Waals surface area contributed by atoms with Crippen molar-refractivity contribution in [2.75, 3.05) is 0 Å². The molecule has 0 saturated carbocycles. The fourth-order valence-electron chi connectivity index (χ4n) is 0.703. The van der Waals surface area contributed by atoms with Crippen LogP contribution in [0, 0.1) is 0 Å². The molecule has 0 spiro atoms. The summed E-state index contributed by atoms with van der Waals surface area (Å²) in [6.07, 6.45) is 2.07. The molecule has 7 nitrogen and oxygen atoms in total. The lowest BCUT2D eigenvalue weighted by Gasteiger charge is -2.05. The first-order valence-electron chi connectivity index (χ1n) is 2.92. The van der Waals surface area contributed by atoms with E-state index in [0.717, 1.165) is 17.2 Å². The van der Waals surface area contributed by atoms with Crippen molar-refractivity contribution >= 4 is 11.9 Å². The van der Waals surface area contributed by atoms with Gasteiger partial charge in [-0.3, -0.25) is 4.57 Å². The number of nitrogens with zero attached hydrogens (tertiary/aromatic N) is 3. The Labute approximate surface area is 66.3 Å². The first-order chi connectivity index (χ1) is 5.63. The molecule has 2 N–H and O–H groups in total. The summed E-state index contributed by atoms with van der Waals surface area (Å²) in [5, 5.41) is 23.5. The minimum atomic E-state index is -1.65. The maximum absolute atomic E-state index is 10.4. The second-order valence-corrected chi connectivity index (χ2v) is 1.99. The lowest BCUT2D eigenvalue weighted by atomic mass is 10.3. The first-order valence-corrected chi connectivity index (χ1v) is 2.92. The SMILES string of the molecule is O=C(O)C(C(=O)O)n1cnnc1. The van der Waals surface area contributed by atoms with Crippen molar-refractivity contribution in [1.29, 1.82) is 0 Å². The molecule has 0 bridgehead atoms. The predicted octanol–water partition coefficient (Wildman–Crippen LogP) is -1.01. The van der Waals surface area contributed by atoms with Crippen LogP contribution in [0.3, 0.4) is 0 Å². The second kappa shape index (κ2) is 2.99. The van der Waals surface area contributed by atoms with Crippen LogP contribution >= 0.6 is 0 Å². The quantitative estimate of drug-likeness (QED) is 0.564. The lowest BCUT2D eigenvalue weighted by Crippen LogP contribution is -2.26. The van der Waals surface area contributed by atoms with Crippen LogP contribution in [-0.2, 0) is 9.59 Å². The molecule has 1 heterocycles. The molecule has 0 aliphatic carbocycles. The van der Waals surface area contributed by atoms with Crippen molar-refractivity contribution in [1.82, 2.24) is 14.8 Å². The Balaban J connectivity index is 2.96. The highest BCUT2D eigenvalue weighted by Gasteiger charge is 2.27. The van der Waals surface area contributed by atoms with Crippen LogP contribution in [0.5, 0.6) is 0 Å². The fraction of sp³-hybridized carbons (Fsp3) is 0.200. The van der Waals surface area contributed by atoms with Crippen LogP contribution < -0.4 is 0 Å². The third-order valence-electron chi connectivity index (χ3n) is 1.20. The van der Waals surface area contributed by atoms with E-state index in [9.17, 15) is 9.59 Å².